The molecule has 3 aromatic rings. The first-order chi connectivity index (χ1) is 14.8. The van der Waals surface area contributed by atoms with Crippen molar-refractivity contribution in [3.63, 3.8) is 0 Å². The molecule has 2 heterocycles. The van der Waals surface area contributed by atoms with E-state index < -0.39 is 17.7 Å². The summed E-state index contributed by atoms with van der Waals surface area (Å²) >= 11 is 7.27. The Morgan fingerprint density at radius 3 is 2.39 bits per heavy atom. The van der Waals surface area contributed by atoms with E-state index in [0.717, 1.165) is 17.0 Å². The monoisotopic (exact) mass is 460 g/mol. The summed E-state index contributed by atoms with van der Waals surface area (Å²) in [6, 6.07) is 15.0. The molecule has 1 aliphatic rings. The van der Waals surface area contributed by atoms with Gasteiger partial charge >= 0.3 is 12.1 Å². The van der Waals surface area contributed by atoms with Gasteiger partial charge in [-0.3, -0.25) is 0 Å². The molecule has 31 heavy (non-hydrogen) atoms. The Bertz CT molecular complexity index is 1190. The zero-order valence-electron chi connectivity index (χ0n) is 15.6. The maximum absolute atomic E-state index is 12.7. The number of alkyl halides is 3. The molecule has 2 aromatic carbocycles. The second-order valence-corrected chi connectivity index (χ2v) is 7.87. The van der Waals surface area contributed by atoms with Gasteiger partial charge in [0.2, 0.25) is 5.90 Å². The Balaban J connectivity index is 1.61. The summed E-state index contributed by atoms with van der Waals surface area (Å²) in [6.07, 6.45) is -1.45. The lowest BCUT2D eigenvalue weighted by Gasteiger charge is -2.06. The fraction of sp³-hybridized carbons (Fsp3) is 0.0455. The van der Waals surface area contributed by atoms with Crippen molar-refractivity contribution in [3.05, 3.63) is 94.3 Å². The molecule has 0 unspecified atom stereocenters. The van der Waals surface area contributed by atoms with Crippen LogP contribution >= 0.6 is 23.4 Å². The number of cyclic esters (lactones) is 1. The van der Waals surface area contributed by atoms with Crippen molar-refractivity contribution in [1.82, 2.24) is 4.98 Å². The van der Waals surface area contributed by atoms with Crippen LogP contribution in [0.1, 0.15) is 16.7 Å². The number of aromatic nitrogens is 1. The smallest absolute Gasteiger partial charge is 0.402 e. The summed E-state index contributed by atoms with van der Waals surface area (Å²) in [6.45, 7) is 0. The Hall–Kier alpha value is -3.10. The van der Waals surface area contributed by atoms with Gasteiger partial charge in [0.15, 0.2) is 5.70 Å². The first-order valence-electron chi connectivity index (χ1n) is 8.88. The standard InChI is InChI=1S/C22H12ClF3N2O2S/c23-15-7-9-16(10-8-15)31-20-17(2-1-11-27-20)19-28-18(21(29)30-19)12-13-3-5-14(6-4-13)22(24,25)26/h1-12H. The van der Waals surface area contributed by atoms with Crippen LogP contribution < -0.4 is 0 Å². The summed E-state index contributed by atoms with van der Waals surface area (Å²) in [5, 5.41) is 1.19. The largest absolute Gasteiger partial charge is 0.416 e. The number of aliphatic imine (C=N–C) groups is 1. The number of hydrogen-bond acceptors (Lipinski definition) is 5. The highest BCUT2D eigenvalue weighted by Gasteiger charge is 2.30. The summed E-state index contributed by atoms with van der Waals surface area (Å²) in [7, 11) is 0. The van der Waals surface area contributed by atoms with Gasteiger partial charge in [-0.05, 0) is 60.2 Å². The van der Waals surface area contributed by atoms with Gasteiger partial charge in [0.25, 0.3) is 0 Å². The third-order valence-electron chi connectivity index (χ3n) is 4.19. The Kier molecular flexibility index (Phi) is 5.84. The maximum Gasteiger partial charge on any atom is 0.416 e. The van der Waals surface area contributed by atoms with Crippen LogP contribution in [0.25, 0.3) is 6.08 Å². The van der Waals surface area contributed by atoms with Gasteiger partial charge in [0.05, 0.1) is 11.1 Å². The average Bonchev–Trinajstić information content (AvgIpc) is 3.10. The molecule has 0 saturated carbocycles. The van der Waals surface area contributed by atoms with Crippen molar-refractivity contribution in [2.24, 2.45) is 4.99 Å². The Morgan fingerprint density at radius 2 is 1.71 bits per heavy atom. The molecular formula is C22H12ClF3N2O2S. The van der Waals surface area contributed by atoms with E-state index in [4.69, 9.17) is 16.3 Å². The molecule has 0 bridgehead atoms. The molecule has 9 heteroatoms. The Morgan fingerprint density at radius 1 is 1.00 bits per heavy atom. The van der Waals surface area contributed by atoms with Gasteiger partial charge in [-0.2, -0.15) is 13.2 Å². The van der Waals surface area contributed by atoms with E-state index in [1.165, 1.54) is 30.0 Å². The quantitative estimate of drug-likeness (QED) is 0.341. The predicted molar refractivity (Wildman–Crippen MR) is 112 cm³/mol. The average molecular weight is 461 g/mol. The van der Waals surface area contributed by atoms with Crippen molar-refractivity contribution >= 4 is 41.3 Å². The van der Waals surface area contributed by atoms with Crippen molar-refractivity contribution in [2.45, 2.75) is 16.1 Å². The van der Waals surface area contributed by atoms with Gasteiger partial charge in [-0.15, -0.1) is 0 Å². The fourth-order valence-corrected chi connectivity index (χ4v) is 3.70. The molecule has 0 N–H and O–H groups in total. The summed E-state index contributed by atoms with van der Waals surface area (Å²) in [4.78, 5) is 21.7. The molecule has 1 aliphatic heterocycles. The summed E-state index contributed by atoms with van der Waals surface area (Å²) in [5.41, 5.74) is 0.131. The lowest BCUT2D eigenvalue weighted by molar-refractivity contribution is -0.137. The number of ether oxygens (including phenoxy) is 1. The third-order valence-corrected chi connectivity index (χ3v) is 5.47. The number of benzene rings is 2. The van der Waals surface area contributed by atoms with Crippen LogP contribution in [0.5, 0.6) is 0 Å². The number of hydrogen-bond donors (Lipinski definition) is 0. The number of nitrogens with zero attached hydrogens (tertiary/aromatic N) is 2. The van der Waals surface area contributed by atoms with Crippen molar-refractivity contribution < 1.29 is 22.7 Å². The molecule has 0 fully saturated rings. The van der Waals surface area contributed by atoms with Crippen molar-refractivity contribution in [2.75, 3.05) is 0 Å². The highest BCUT2D eigenvalue weighted by Crippen LogP contribution is 2.32. The second kappa shape index (κ2) is 8.56. The van der Waals surface area contributed by atoms with E-state index in [0.29, 0.717) is 21.2 Å². The molecule has 0 aliphatic carbocycles. The predicted octanol–water partition coefficient (Wildman–Crippen LogP) is 6.25. The van der Waals surface area contributed by atoms with E-state index in [9.17, 15) is 18.0 Å². The lowest BCUT2D eigenvalue weighted by Crippen LogP contribution is -2.07. The first-order valence-corrected chi connectivity index (χ1v) is 10.1. The number of esters is 1. The highest BCUT2D eigenvalue weighted by molar-refractivity contribution is 7.99. The number of rotatable bonds is 4. The van der Waals surface area contributed by atoms with Crippen LogP contribution in [-0.2, 0) is 15.7 Å². The SMILES string of the molecule is O=C1OC(c2cccnc2Sc2ccc(Cl)cc2)=NC1=Cc1ccc(C(F)(F)F)cc1. The van der Waals surface area contributed by atoms with Gasteiger partial charge in [-0.25, -0.2) is 14.8 Å². The van der Waals surface area contributed by atoms with E-state index in [1.807, 2.05) is 12.1 Å². The summed E-state index contributed by atoms with van der Waals surface area (Å²) < 4.78 is 43.4. The zero-order valence-corrected chi connectivity index (χ0v) is 17.1. The Labute approximate surface area is 184 Å². The van der Waals surface area contributed by atoms with Gasteiger partial charge in [0, 0.05) is 16.1 Å². The highest BCUT2D eigenvalue weighted by atomic mass is 35.5. The van der Waals surface area contributed by atoms with Gasteiger partial charge in [-0.1, -0.05) is 35.5 Å². The van der Waals surface area contributed by atoms with Crippen LogP contribution in [0.4, 0.5) is 13.2 Å². The van der Waals surface area contributed by atoms with Crippen LogP contribution in [0.2, 0.25) is 5.02 Å². The minimum atomic E-state index is -4.43. The number of halogens is 4. The van der Waals surface area contributed by atoms with E-state index in [-0.39, 0.29) is 11.6 Å². The molecule has 0 saturated heterocycles. The molecule has 0 spiro atoms. The van der Waals surface area contributed by atoms with Gasteiger partial charge < -0.3 is 4.74 Å². The second-order valence-electron chi connectivity index (χ2n) is 6.37. The maximum atomic E-state index is 12.7. The lowest BCUT2D eigenvalue weighted by atomic mass is 10.1. The normalized spacial score (nSPS) is 15.2. The van der Waals surface area contributed by atoms with Crippen LogP contribution in [0.3, 0.4) is 0 Å². The third kappa shape index (κ3) is 4.98. The minimum Gasteiger partial charge on any atom is -0.402 e. The number of pyridine rings is 1. The minimum absolute atomic E-state index is 0.0129. The first kappa shape index (κ1) is 21.1. The van der Waals surface area contributed by atoms with Crippen LogP contribution in [0.15, 0.2) is 87.5 Å². The number of carbonyl (C=O) groups excluding carboxylic acids is 1. The fourth-order valence-electron chi connectivity index (χ4n) is 2.70. The molecule has 1 aromatic heterocycles. The zero-order chi connectivity index (χ0) is 22.0. The molecule has 0 amide bonds. The van der Waals surface area contributed by atoms with E-state index in [2.05, 4.69) is 9.98 Å². The molecule has 4 nitrogen and oxygen atoms in total. The molecule has 0 atom stereocenters. The summed E-state index contributed by atoms with van der Waals surface area (Å²) in [5.74, 6) is -0.617. The van der Waals surface area contributed by atoms with Crippen LogP contribution in [0, 0.1) is 0 Å². The van der Waals surface area contributed by atoms with Crippen LogP contribution in [-0.4, -0.2) is 16.9 Å². The molecular weight excluding hydrogens is 449 g/mol. The molecule has 0 radical (unpaired) electrons. The topological polar surface area (TPSA) is 51.5 Å². The molecule has 156 valence electrons. The number of carbonyl (C=O) groups is 1. The van der Waals surface area contributed by atoms with Gasteiger partial charge in [0.1, 0.15) is 5.03 Å². The van der Waals surface area contributed by atoms with E-state index in [1.54, 1.807) is 30.5 Å². The van der Waals surface area contributed by atoms with Crippen molar-refractivity contribution in [3.8, 4) is 0 Å². The van der Waals surface area contributed by atoms with Crippen molar-refractivity contribution in [1.29, 1.82) is 0 Å². The molecule has 4 rings (SSSR count). The van der Waals surface area contributed by atoms with E-state index >= 15 is 0 Å².